The molecule has 0 heterocycles. The van der Waals surface area contributed by atoms with Gasteiger partial charge in [0, 0.05) is 0 Å². The lowest BCUT2D eigenvalue weighted by Gasteiger charge is -2.07. The monoisotopic (exact) mass is 166 g/mol. The van der Waals surface area contributed by atoms with Crippen LogP contribution in [0.15, 0.2) is 23.3 Å². The first-order valence-electron chi connectivity index (χ1n) is 5.18. The lowest BCUT2D eigenvalue weighted by Crippen LogP contribution is -1.87. The van der Waals surface area contributed by atoms with Crippen molar-refractivity contribution in [3.63, 3.8) is 0 Å². The Bertz CT molecular complexity index is 141. The highest BCUT2D eigenvalue weighted by atomic mass is 14.0. The summed E-state index contributed by atoms with van der Waals surface area (Å²) in [5.41, 5.74) is 3.09. The van der Waals surface area contributed by atoms with Gasteiger partial charge in [0.15, 0.2) is 0 Å². The molecule has 0 amide bonds. The van der Waals surface area contributed by atoms with E-state index in [0.717, 1.165) is 12.8 Å². The Morgan fingerprint density at radius 1 is 0.750 bits per heavy atom. The summed E-state index contributed by atoms with van der Waals surface area (Å²) in [7, 11) is 0. The Balaban J connectivity index is 4.44. The van der Waals surface area contributed by atoms with Gasteiger partial charge in [-0.25, -0.2) is 0 Å². The van der Waals surface area contributed by atoms with Crippen LogP contribution in [-0.2, 0) is 0 Å². The SMILES string of the molecule is CCC=C(CC)C(=CCC)CC. The zero-order chi connectivity index (χ0) is 9.40. The summed E-state index contributed by atoms with van der Waals surface area (Å²) in [6.07, 6.45) is 9.37. The summed E-state index contributed by atoms with van der Waals surface area (Å²) in [6.45, 7) is 8.88. The van der Waals surface area contributed by atoms with Gasteiger partial charge in [0.05, 0.1) is 0 Å². The van der Waals surface area contributed by atoms with Gasteiger partial charge in [-0.1, -0.05) is 39.8 Å². The molecular weight excluding hydrogens is 144 g/mol. The summed E-state index contributed by atoms with van der Waals surface area (Å²) < 4.78 is 0. The smallest absolute Gasteiger partial charge is 0.0308 e. The van der Waals surface area contributed by atoms with Crippen LogP contribution in [0.4, 0.5) is 0 Å². The van der Waals surface area contributed by atoms with Gasteiger partial charge >= 0.3 is 0 Å². The maximum Gasteiger partial charge on any atom is -0.0308 e. The van der Waals surface area contributed by atoms with Crippen molar-refractivity contribution in [2.45, 2.75) is 53.4 Å². The predicted octanol–water partition coefficient (Wildman–Crippen LogP) is 4.48. The van der Waals surface area contributed by atoms with E-state index < -0.39 is 0 Å². The van der Waals surface area contributed by atoms with E-state index in [1.165, 1.54) is 12.8 Å². The van der Waals surface area contributed by atoms with Crippen LogP contribution in [0, 0.1) is 0 Å². The molecule has 0 N–H and O–H groups in total. The van der Waals surface area contributed by atoms with E-state index in [2.05, 4.69) is 39.8 Å². The predicted molar refractivity (Wildman–Crippen MR) is 57.3 cm³/mol. The first-order chi connectivity index (χ1) is 5.79. The fourth-order valence-corrected chi connectivity index (χ4v) is 1.50. The van der Waals surface area contributed by atoms with Crippen LogP contribution in [-0.4, -0.2) is 0 Å². The van der Waals surface area contributed by atoms with Gasteiger partial charge in [0.2, 0.25) is 0 Å². The van der Waals surface area contributed by atoms with Crippen LogP contribution in [0.25, 0.3) is 0 Å². The fourth-order valence-electron chi connectivity index (χ4n) is 1.50. The highest BCUT2D eigenvalue weighted by Gasteiger charge is 1.98. The summed E-state index contributed by atoms with van der Waals surface area (Å²) >= 11 is 0. The molecule has 0 aromatic carbocycles. The number of hydrogen-bond acceptors (Lipinski definition) is 0. The molecule has 0 fully saturated rings. The van der Waals surface area contributed by atoms with Gasteiger partial charge in [0.25, 0.3) is 0 Å². The first kappa shape index (κ1) is 11.5. The van der Waals surface area contributed by atoms with Gasteiger partial charge in [-0.3, -0.25) is 0 Å². The molecule has 0 heteroatoms. The second-order valence-electron chi connectivity index (χ2n) is 2.98. The molecule has 0 unspecified atom stereocenters. The average molecular weight is 166 g/mol. The van der Waals surface area contributed by atoms with Crippen molar-refractivity contribution in [2.75, 3.05) is 0 Å². The molecule has 12 heavy (non-hydrogen) atoms. The summed E-state index contributed by atoms with van der Waals surface area (Å²) in [6, 6.07) is 0. The summed E-state index contributed by atoms with van der Waals surface area (Å²) in [4.78, 5) is 0. The molecule has 0 saturated carbocycles. The van der Waals surface area contributed by atoms with E-state index in [0.29, 0.717) is 0 Å². The third-order valence-electron chi connectivity index (χ3n) is 2.08. The molecule has 0 radical (unpaired) electrons. The van der Waals surface area contributed by atoms with Crippen LogP contribution in [0.2, 0.25) is 0 Å². The summed E-state index contributed by atoms with van der Waals surface area (Å²) in [5, 5.41) is 0. The maximum absolute atomic E-state index is 2.35. The minimum Gasteiger partial charge on any atom is -0.0813 e. The molecular formula is C12H22. The van der Waals surface area contributed by atoms with E-state index in [9.17, 15) is 0 Å². The lowest BCUT2D eigenvalue weighted by atomic mass is 9.99. The fraction of sp³-hybridized carbons (Fsp3) is 0.667. The summed E-state index contributed by atoms with van der Waals surface area (Å²) in [5.74, 6) is 0. The highest BCUT2D eigenvalue weighted by Crippen LogP contribution is 2.18. The third-order valence-corrected chi connectivity index (χ3v) is 2.08. The minimum absolute atomic E-state index is 1.16. The largest absolute Gasteiger partial charge is 0.0813 e. The molecule has 0 atom stereocenters. The van der Waals surface area contributed by atoms with Crippen LogP contribution in [0.3, 0.4) is 0 Å². The van der Waals surface area contributed by atoms with Crippen molar-refractivity contribution in [1.29, 1.82) is 0 Å². The van der Waals surface area contributed by atoms with Crippen LogP contribution < -0.4 is 0 Å². The molecule has 0 rings (SSSR count). The first-order valence-corrected chi connectivity index (χ1v) is 5.18. The van der Waals surface area contributed by atoms with Gasteiger partial charge in [0.1, 0.15) is 0 Å². The molecule has 0 bridgehead atoms. The molecule has 0 saturated heterocycles. The lowest BCUT2D eigenvalue weighted by molar-refractivity contribution is 0.985. The molecule has 0 aliphatic carbocycles. The van der Waals surface area contributed by atoms with Crippen molar-refractivity contribution < 1.29 is 0 Å². The molecule has 0 aliphatic rings. The highest BCUT2D eigenvalue weighted by molar-refractivity contribution is 5.30. The Labute approximate surface area is 77.4 Å². The average Bonchev–Trinajstić information content (AvgIpc) is 2.11. The van der Waals surface area contributed by atoms with E-state index >= 15 is 0 Å². The zero-order valence-electron chi connectivity index (χ0n) is 8.98. The van der Waals surface area contributed by atoms with Crippen molar-refractivity contribution in [2.24, 2.45) is 0 Å². The maximum atomic E-state index is 2.35. The molecule has 0 aromatic rings. The van der Waals surface area contributed by atoms with Crippen molar-refractivity contribution >= 4 is 0 Å². The standard InChI is InChI=1S/C12H22/c1-5-9-11(7-3)12(8-4)10-6-2/h9-10H,5-8H2,1-4H3. The number of allylic oxidation sites excluding steroid dienone is 4. The van der Waals surface area contributed by atoms with Gasteiger partial charge in [-0.2, -0.15) is 0 Å². The Hall–Kier alpha value is -0.520. The molecule has 0 nitrogen and oxygen atoms in total. The Morgan fingerprint density at radius 2 is 1.08 bits per heavy atom. The second kappa shape index (κ2) is 7.15. The number of rotatable bonds is 5. The van der Waals surface area contributed by atoms with Crippen LogP contribution in [0.5, 0.6) is 0 Å². The quantitative estimate of drug-likeness (QED) is 0.528. The Morgan fingerprint density at radius 3 is 1.25 bits per heavy atom. The van der Waals surface area contributed by atoms with Crippen molar-refractivity contribution in [3.05, 3.63) is 23.3 Å². The van der Waals surface area contributed by atoms with Gasteiger partial charge in [-0.15, -0.1) is 0 Å². The van der Waals surface area contributed by atoms with E-state index in [1.807, 2.05) is 0 Å². The van der Waals surface area contributed by atoms with Crippen LogP contribution in [0.1, 0.15) is 53.4 Å². The van der Waals surface area contributed by atoms with E-state index in [-0.39, 0.29) is 0 Å². The minimum atomic E-state index is 1.16. The Kier molecular flexibility index (Phi) is 6.84. The normalized spacial score (nSPS) is 13.7. The van der Waals surface area contributed by atoms with Gasteiger partial charge in [-0.05, 0) is 36.8 Å². The van der Waals surface area contributed by atoms with Gasteiger partial charge < -0.3 is 0 Å². The van der Waals surface area contributed by atoms with Crippen LogP contribution >= 0.6 is 0 Å². The number of hydrogen-bond donors (Lipinski definition) is 0. The molecule has 70 valence electrons. The molecule has 0 spiro atoms. The topological polar surface area (TPSA) is 0 Å². The van der Waals surface area contributed by atoms with E-state index in [4.69, 9.17) is 0 Å². The zero-order valence-corrected chi connectivity index (χ0v) is 8.98. The molecule has 0 aromatic heterocycles. The van der Waals surface area contributed by atoms with Crippen molar-refractivity contribution in [3.8, 4) is 0 Å². The van der Waals surface area contributed by atoms with Crippen molar-refractivity contribution in [1.82, 2.24) is 0 Å². The molecule has 0 aliphatic heterocycles. The third kappa shape index (κ3) is 3.75. The van der Waals surface area contributed by atoms with E-state index in [1.54, 1.807) is 11.1 Å². The second-order valence-corrected chi connectivity index (χ2v) is 2.98.